The number of piperidine rings is 2. The Bertz CT molecular complexity index is 800. The molecule has 0 bridgehead atoms. The number of likely N-dealkylation sites (tertiary alicyclic amines) is 1. The Kier molecular flexibility index (Phi) is 6.64. The molecule has 1 aromatic rings. The minimum absolute atomic E-state index is 0.0295. The van der Waals surface area contributed by atoms with Crippen molar-refractivity contribution in [3.05, 3.63) is 35.4 Å². The number of carboxylic acid groups (broad SMARTS) is 1. The van der Waals surface area contributed by atoms with Crippen LogP contribution in [-0.4, -0.2) is 60.1 Å². The topological polar surface area (TPSA) is 125 Å². The quantitative estimate of drug-likeness (QED) is 0.286. The number of hydrazone groups is 1. The summed E-state index contributed by atoms with van der Waals surface area (Å²) in [5.74, 6) is 4.10. The number of benzene rings is 1. The van der Waals surface area contributed by atoms with Crippen LogP contribution in [0.3, 0.4) is 0 Å². The standard InChI is InChI=1S/C21H28N4O4/c22-24-13-15-2-1-3-16(12-15)20(29)17-14-23-9-6-21(17)7-10-25(11-8-21)18(26)4-5-19(27)28/h1-3,12-13,17,23H,4-11,14,22H2,(H,27,28). The second-order valence-corrected chi connectivity index (χ2v) is 7.91. The number of nitrogens with two attached hydrogens (primary N) is 1. The summed E-state index contributed by atoms with van der Waals surface area (Å²) in [6.07, 6.45) is 3.81. The average molecular weight is 400 g/mol. The molecule has 156 valence electrons. The van der Waals surface area contributed by atoms with Gasteiger partial charge in [0.2, 0.25) is 5.91 Å². The van der Waals surface area contributed by atoms with E-state index in [0.717, 1.165) is 31.4 Å². The normalized spacial score (nSPS) is 21.4. The summed E-state index contributed by atoms with van der Waals surface area (Å²) in [7, 11) is 0. The Balaban J connectivity index is 1.71. The van der Waals surface area contributed by atoms with E-state index >= 15 is 0 Å². The summed E-state index contributed by atoms with van der Waals surface area (Å²) in [5.41, 5.74) is 1.30. The van der Waals surface area contributed by atoms with Gasteiger partial charge < -0.3 is 21.2 Å². The van der Waals surface area contributed by atoms with Crippen molar-refractivity contribution in [2.24, 2.45) is 22.3 Å². The first-order chi connectivity index (χ1) is 13.9. The maximum Gasteiger partial charge on any atom is 0.303 e. The Labute approximate surface area is 170 Å². The number of rotatable bonds is 6. The zero-order valence-electron chi connectivity index (χ0n) is 16.5. The van der Waals surface area contributed by atoms with E-state index in [9.17, 15) is 14.4 Å². The number of aliphatic carboxylic acids is 1. The van der Waals surface area contributed by atoms with Gasteiger partial charge in [-0.25, -0.2) is 0 Å². The summed E-state index contributed by atoms with van der Waals surface area (Å²) < 4.78 is 0. The molecule has 2 aliphatic heterocycles. The van der Waals surface area contributed by atoms with Crippen molar-refractivity contribution in [2.75, 3.05) is 26.2 Å². The first kappa shape index (κ1) is 21.0. The van der Waals surface area contributed by atoms with E-state index < -0.39 is 5.97 Å². The minimum atomic E-state index is -0.960. The van der Waals surface area contributed by atoms with E-state index in [2.05, 4.69) is 10.4 Å². The fourth-order valence-corrected chi connectivity index (χ4v) is 4.58. The van der Waals surface area contributed by atoms with Gasteiger partial charge in [-0.1, -0.05) is 18.2 Å². The van der Waals surface area contributed by atoms with Gasteiger partial charge in [0.1, 0.15) is 0 Å². The molecule has 2 heterocycles. The second-order valence-electron chi connectivity index (χ2n) is 7.91. The summed E-state index contributed by atoms with van der Waals surface area (Å²) in [6.45, 7) is 2.63. The number of nitrogens with one attached hydrogen (secondary N) is 1. The van der Waals surface area contributed by atoms with Crippen LogP contribution >= 0.6 is 0 Å². The maximum atomic E-state index is 13.4. The van der Waals surface area contributed by atoms with Gasteiger partial charge in [0.25, 0.3) is 0 Å². The summed E-state index contributed by atoms with van der Waals surface area (Å²) in [5, 5.41) is 15.7. The third-order valence-corrected chi connectivity index (χ3v) is 6.26. The van der Waals surface area contributed by atoms with E-state index in [1.807, 2.05) is 24.3 Å². The molecule has 2 saturated heterocycles. The number of ketones is 1. The van der Waals surface area contributed by atoms with Crippen molar-refractivity contribution in [1.29, 1.82) is 0 Å². The Morgan fingerprint density at radius 2 is 2.00 bits per heavy atom. The maximum absolute atomic E-state index is 13.4. The SMILES string of the molecule is NN=Cc1cccc(C(=O)C2CNCCC23CCN(C(=O)CCC(=O)O)CC3)c1. The van der Waals surface area contributed by atoms with E-state index in [1.165, 1.54) is 6.21 Å². The van der Waals surface area contributed by atoms with Crippen molar-refractivity contribution in [3.8, 4) is 0 Å². The van der Waals surface area contributed by atoms with Crippen LogP contribution in [0.15, 0.2) is 29.4 Å². The lowest BCUT2D eigenvalue weighted by Gasteiger charge is -2.49. The lowest BCUT2D eigenvalue weighted by Crippen LogP contribution is -2.54. The van der Waals surface area contributed by atoms with Gasteiger partial charge in [-0.15, -0.1) is 0 Å². The average Bonchev–Trinajstić information content (AvgIpc) is 2.73. The highest BCUT2D eigenvalue weighted by atomic mass is 16.4. The fraction of sp³-hybridized carbons (Fsp3) is 0.524. The molecule has 3 rings (SSSR count). The fourth-order valence-electron chi connectivity index (χ4n) is 4.58. The Morgan fingerprint density at radius 1 is 1.24 bits per heavy atom. The van der Waals surface area contributed by atoms with Gasteiger partial charge in [-0.3, -0.25) is 14.4 Å². The molecule has 8 nitrogen and oxygen atoms in total. The van der Waals surface area contributed by atoms with Gasteiger partial charge in [0.15, 0.2) is 5.78 Å². The van der Waals surface area contributed by atoms with Gasteiger partial charge in [0, 0.05) is 37.5 Å². The molecule has 29 heavy (non-hydrogen) atoms. The van der Waals surface area contributed by atoms with Gasteiger partial charge >= 0.3 is 5.97 Å². The van der Waals surface area contributed by atoms with Gasteiger partial charge in [-0.2, -0.15) is 5.10 Å². The van der Waals surface area contributed by atoms with Crippen LogP contribution in [0, 0.1) is 11.3 Å². The van der Waals surface area contributed by atoms with E-state index in [4.69, 9.17) is 10.9 Å². The zero-order chi connectivity index (χ0) is 20.9. The van der Waals surface area contributed by atoms with Crippen molar-refractivity contribution in [3.63, 3.8) is 0 Å². The third-order valence-electron chi connectivity index (χ3n) is 6.26. The first-order valence-corrected chi connectivity index (χ1v) is 10.0. The van der Waals surface area contributed by atoms with Crippen LogP contribution < -0.4 is 11.2 Å². The monoisotopic (exact) mass is 400 g/mol. The molecule has 1 amide bonds. The molecule has 0 aliphatic carbocycles. The molecule has 1 aromatic carbocycles. The summed E-state index contributed by atoms with van der Waals surface area (Å²) >= 11 is 0. The van der Waals surface area contributed by atoms with Crippen LogP contribution in [0.2, 0.25) is 0 Å². The smallest absolute Gasteiger partial charge is 0.303 e. The number of hydrogen-bond donors (Lipinski definition) is 3. The van der Waals surface area contributed by atoms with Crippen LogP contribution in [0.4, 0.5) is 0 Å². The molecule has 2 fully saturated rings. The number of Topliss-reactive ketones (excluding diaryl/α,β-unsaturated/α-hetero) is 1. The Morgan fingerprint density at radius 3 is 2.69 bits per heavy atom. The second kappa shape index (κ2) is 9.17. The number of nitrogens with zero attached hydrogens (tertiary/aromatic N) is 2. The number of hydrogen-bond acceptors (Lipinski definition) is 6. The van der Waals surface area contributed by atoms with E-state index in [-0.39, 0.29) is 35.9 Å². The van der Waals surface area contributed by atoms with E-state index in [0.29, 0.717) is 25.2 Å². The molecule has 1 spiro atoms. The highest BCUT2D eigenvalue weighted by molar-refractivity contribution is 6.00. The molecule has 4 N–H and O–H groups in total. The number of carbonyl (C=O) groups is 3. The van der Waals surface area contributed by atoms with Crippen molar-refractivity contribution >= 4 is 23.9 Å². The molecule has 0 saturated carbocycles. The predicted octanol–water partition coefficient (Wildman–Crippen LogP) is 1.24. The molecular weight excluding hydrogens is 372 g/mol. The summed E-state index contributed by atoms with van der Waals surface area (Å²) in [6, 6.07) is 7.31. The summed E-state index contributed by atoms with van der Waals surface area (Å²) in [4.78, 5) is 38.1. The van der Waals surface area contributed by atoms with E-state index in [1.54, 1.807) is 4.90 Å². The van der Waals surface area contributed by atoms with Crippen molar-refractivity contribution in [2.45, 2.75) is 32.1 Å². The lowest BCUT2D eigenvalue weighted by atomic mass is 9.62. The van der Waals surface area contributed by atoms with Crippen LogP contribution in [-0.2, 0) is 9.59 Å². The van der Waals surface area contributed by atoms with Crippen molar-refractivity contribution < 1.29 is 19.5 Å². The first-order valence-electron chi connectivity index (χ1n) is 10.0. The molecular formula is C21H28N4O4. The number of carbonyl (C=O) groups excluding carboxylic acids is 2. The molecule has 8 heteroatoms. The molecule has 1 unspecified atom stereocenters. The van der Waals surface area contributed by atoms with Crippen LogP contribution in [0.5, 0.6) is 0 Å². The molecule has 2 aliphatic rings. The number of amides is 1. The minimum Gasteiger partial charge on any atom is -0.481 e. The van der Waals surface area contributed by atoms with Gasteiger partial charge in [-0.05, 0) is 42.9 Å². The van der Waals surface area contributed by atoms with Crippen LogP contribution in [0.25, 0.3) is 0 Å². The van der Waals surface area contributed by atoms with Crippen LogP contribution in [0.1, 0.15) is 48.0 Å². The molecule has 0 aromatic heterocycles. The zero-order valence-corrected chi connectivity index (χ0v) is 16.5. The predicted molar refractivity (Wildman–Crippen MR) is 109 cm³/mol. The highest BCUT2D eigenvalue weighted by Crippen LogP contribution is 2.45. The number of carboxylic acids is 1. The van der Waals surface area contributed by atoms with Crippen molar-refractivity contribution in [1.82, 2.24) is 10.2 Å². The third kappa shape index (κ3) is 4.82. The largest absolute Gasteiger partial charge is 0.481 e. The molecule has 1 atom stereocenters. The van der Waals surface area contributed by atoms with Gasteiger partial charge in [0.05, 0.1) is 12.6 Å². The molecule has 0 radical (unpaired) electrons. The lowest BCUT2D eigenvalue weighted by molar-refractivity contribution is -0.142. The highest BCUT2D eigenvalue weighted by Gasteiger charge is 2.46. The Hall–Kier alpha value is -2.74.